The predicted octanol–water partition coefficient (Wildman–Crippen LogP) is 5.09. The third-order valence-corrected chi connectivity index (χ3v) is 9.70. The SMILES string of the molecule is COc1ccc(OCC2CCCN(C(C3CCC(c4[nH]c(C)nc5cnc6nccc6c45)CC3)S(=O)[O-])C2)cc1. The molecule has 3 unspecified atom stereocenters. The molecule has 4 heterocycles. The van der Waals surface area contributed by atoms with Crippen LogP contribution in [0.25, 0.3) is 21.9 Å². The van der Waals surface area contributed by atoms with Gasteiger partial charge < -0.3 is 19.0 Å². The number of benzene rings is 1. The van der Waals surface area contributed by atoms with Crippen LogP contribution in [0.3, 0.4) is 0 Å². The van der Waals surface area contributed by atoms with Gasteiger partial charge in [-0.15, -0.1) is 0 Å². The van der Waals surface area contributed by atoms with Crippen molar-refractivity contribution in [3.8, 4) is 11.5 Å². The van der Waals surface area contributed by atoms with E-state index < -0.39 is 16.5 Å². The van der Waals surface area contributed by atoms with E-state index in [2.05, 4.69) is 24.8 Å². The molecule has 0 amide bonds. The average molecular weight is 563 g/mol. The van der Waals surface area contributed by atoms with Crippen LogP contribution >= 0.6 is 0 Å². The van der Waals surface area contributed by atoms with E-state index in [4.69, 9.17) is 9.47 Å². The topological polar surface area (TPSA) is 116 Å². The molecule has 1 N–H and O–H groups in total. The molecule has 0 bridgehead atoms. The number of aromatic amines is 1. The second-order valence-electron chi connectivity index (χ2n) is 11.2. The van der Waals surface area contributed by atoms with Crippen LogP contribution in [0.1, 0.15) is 56.0 Å². The molecule has 9 nitrogen and oxygen atoms in total. The normalized spacial score (nSPS) is 23.7. The molecule has 1 aliphatic carbocycles. The maximum atomic E-state index is 12.6. The summed E-state index contributed by atoms with van der Waals surface area (Å²) in [4.78, 5) is 19.3. The largest absolute Gasteiger partial charge is 0.771 e. The van der Waals surface area contributed by atoms with Crippen LogP contribution in [0.2, 0.25) is 0 Å². The summed E-state index contributed by atoms with van der Waals surface area (Å²) in [6.07, 6.45) is 9.24. The fourth-order valence-corrected chi connectivity index (χ4v) is 7.73. The van der Waals surface area contributed by atoms with Gasteiger partial charge in [-0.05, 0) is 105 Å². The molecule has 212 valence electrons. The van der Waals surface area contributed by atoms with E-state index in [-0.39, 0.29) is 5.92 Å². The number of aryl methyl sites for hydroxylation is 1. The van der Waals surface area contributed by atoms with Gasteiger partial charge in [0.2, 0.25) is 0 Å². The Morgan fingerprint density at radius 1 is 1.10 bits per heavy atom. The van der Waals surface area contributed by atoms with Crippen molar-refractivity contribution in [3.05, 3.63) is 54.2 Å². The molecule has 2 aliphatic rings. The van der Waals surface area contributed by atoms with E-state index in [9.17, 15) is 8.76 Å². The quantitative estimate of drug-likeness (QED) is 0.295. The molecule has 4 aromatic rings. The molecule has 0 spiro atoms. The Labute approximate surface area is 237 Å². The summed E-state index contributed by atoms with van der Waals surface area (Å²) in [5.41, 5.74) is 2.79. The van der Waals surface area contributed by atoms with Crippen molar-refractivity contribution in [2.75, 3.05) is 26.8 Å². The molecule has 40 heavy (non-hydrogen) atoms. The lowest BCUT2D eigenvalue weighted by Gasteiger charge is -2.44. The van der Waals surface area contributed by atoms with Crippen molar-refractivity contribution < 1.29 is 18.2 Å². The molecule has 0 radical (unpaired) electrons. The third kappa shape index (κ3) is 5.57. The minimum Gasteiger partial charge on any atom is -0.771 e. The molecule has 1 saturated carbocycles. The van der Waals surface area contributed by atoms with Gasteiger partial charge >= 0.3 is 0 Å². The first-order valence-electron chi connectivity index (χ1n) is 14.2. The lowest BCUT2D eigenvalue weighted by molar-refractivity contribution is 0.0874. The lowest BCUT2D eigenvalue weighted by atomic mass is 9.78. The van der Waals surface area contributed by atoms with Gasteiger partial charge in [0.15, 0.2) is 5.65 Å². The van der Waals surface area contributed by atoms with Crippen molar-refractivity contribution >= 4 is 33.0 Å². The smallest absolute Gasteiger partial charge is 0.159 e. The fraction of sp³-hybridized carbons (Fsp3) is 0.500. The van der Waals surface area contributed by atoms with Gasteiger partial charge in [-0.3, -0.25) is 9.11 Å². The van der Waals surface area contributed by atoms with E-state index in [1.165, 1.54) is 5.69 Å². The van der Waals surface area contributed by atoms with E-state index in [0.29, 0.717) is 18.4 Å². The van der Waals surface area contributed by atoms with Crippen molar-refractivity contribution in [3.63, 3.8) is 0 Å². The molecule has 3 atom stereocenters. The first kappa shape index (κ1) is 27.1. The van der Waals surface area contributed by atoms with E-state index in [0.717, 1.165) is 90.9 Å². The summed E-state index contributed by atoms with van der Waals surface area (Å²) in [6.45, 7) is 4.11. The zero-order valence-corrected chi connectivity index (χ0v) is 23.9. The van der Waals surface area contributed by atoms with Crippen molar-refractivity contribution in [2.45, 2.75) is 56.7 Å². The number of nitrogens with zero attached hydrogens (tertiary/aromatic N) is 4. The maximum absolute atomic E-state index is 12.6. The van der Waals surface area contributed by atoms with E-state index in [1.807, 2.05) is 43.5 Å². The molecule has 10 heteroatoms. The summed E-state index contributed by atoms with van der Waals surface area (Å²) in [6, 6.07) is 9.60. The standard InChI is InChI=1S/C30H37N5O4S/c1-19-33-26-16-32-29-25(13-14-31-29)27(26)28(34-19)21-5-7-22(8-6-21)30(40(36)37)35-15-3-4-20(17-35)18-39-24-11-9-23(38-2)10-12-24/h9-14,16,20-22,30H,3-8,15,17-18H2,1-2H3,(H,33,34)(H,36,37)/p-1. The van der Waals surface area contributed by atoms with Gasteiger partial charge in [-0.2, -0.15) is 0 Å². The summed E-state index contributed by atoms with van der Waals surface area (Å²) < 4.78 is 36.5. The Hall–Kier alpha value is -3.08. The Morgan fingerprint density at radius 3 is 2.62 bits per heavy atom. The first-order chi connectivity index (χ1) is 19.5. The van der Waals surface area contributed by atoms with Crippen molar-refractivity contribution in [1.29, 1.82) is 0 Å². The Kier molecular flexibility index (Phi) is 8.00. The lowest BCUT2D eigenvalue weighted by Crippen LogP contribution is -2.50. The van der Waals surface area contributed by atoms with Gasteiger partial charge in [-0.1, -0.05) is 0 Å². The van der Waals surface area contributed by atoms with Gasteiger partial charge in [0, 0.05) is 35.1 Å². The van der Waals surface area contributed by atoms with Crippen molar-refractivity contribution in [1.82, 2.24) is 24.8 Å². The summed E-state index contributed by atoms with van der Waals surface area (Å²) in [7, 11) is 1.65. The number of aromatic nitrogens is 4. The van der Waals surface area contributed by atoms with Crippen LogP contribution in [-0.2, 0) is 11.1 Å². The number of nitrogens with one attached hydrogen (secondary N) is 1. The molecule has 1 aliphatic heterocycles. The number of pyridine rings is 1. The molecule has 6 rings (SSSR count). The van der Waals surface area contributed by atoms with Crippen LogP contribution in [0.15, 0.2) is 42.7 Å². The average Bonchev–Trinajstić information content (AvgIpc) is 3.46. The van der Waals surface area contributed by atoms with E-state index >= 15 is 0 Å². The minimum absolute atomic E-state index is 0.118. The summed E-state index contributed by atoms with van der Waals surface area (Å²) in [5, 5.41) is 1.66. The number of ether oxygens (including phenoxy) is 2. The second-order valence-corrected chi connectivity index (χ2v) is 12.2. The monoisotopic (exact) mass is 562 g/mol. The zero-order valence-electron chi connectivity index (χ0n) is 23.0. The highest BCUT2D eigenvalue weighted by atomic mass is 32.2. The van der Waals surface area contributed by atoms with Crippen LogP contribution in [0.5, 0.6) is 11.5 Å². The number of hydrogen-bond donors (Lipinski definition) is 1. The Bertz CT molecular complexity index is 1490. The van der Waals surface area contributed by atoms with E-state index in [1.54, 1.807) is 13.3 Å². The van der Waals surface area contributed by atoms with Crippen LogP contribution in [0, 0.1) is 18.8 Å². The molecule has 1 aromatic carbocycles. The van der Waals surface area contributed by atoms with Crippen molar-refractivity contribution in [2.24, 2.45) is 11.8 Å². The van der Waals surface area contributed by atoms with Crippen LogP contribution in [0.4, 0.5) is 0 Å². The summed E-state index contributed by atoms with van der Waals surface area (Å²) in [5.74, 6) is 3.20. The molecule has 3 aromatic heterocycles. The number of H-pyrrole nitrogens is 1. The van der Waals surface area contributed by atoms with Gasteiger partial charge in [0.25, 0.3) is 0 Å². The van der Waals surface area contributed by atoms with Gasteiger partial charge in [0.1, 0.15) is 17.3 Å². The van der Waals surface area contributed by atoms with Gasteiger partial charge in [0.05, 0.1) is 30.8 Å². The number of likely N-dealkylation sites (tertiary alicyclic amines) is 1. The fourth-order valence-electron chi connectivity index (χ4n) is 6.71. The highest BCUT2D eigenvalue weighted by Gasteiger charge is 2.36. The Morgan fingerprint density at radius 2 is 1.88 bits per heavy atom. The van der Waals surface area contributed by atoms with Crippen LogP contribution in [-0.4, -0.2) is 65.8 Å². The van der Waals surface area contributed by atoms with Crippen LogP contribution < -0.4 is 9.47 Å². The molecular weight excluding hydrogens is 526 g/mol. The van der Waals surface area contributed by atoms with Gasteiger partial charge in [-0.25, -0.2) is 15.0 Å². The Balaban J connectivity index is 1.13. The minimum atomic E-state index is -2.17. The second kappa shape index (κ2) is 11.8. The maximum Gasteiger partial charge on any atom is 0.159 e. The first-order valence-corrected chi connectivity index (χ1v) is 15.3. The summed E-state index contributed by atoms with van der Waals surface area (Å²) >= 11 is -2.17. The number of hydrogen-bond acceptors (Lipinski definition) is 8. The third-order valence-electron chi connectivity index (χ3n) is 8.62. The zero-order chi connectivity index (χ0) is 27.6. The highest BCUT2D eigenvalue weighted by molar-refractivity contribution is 7.79. The molecule has 1 saturated heterocycles. The molecule has 2 fully saturated rings. The highest BCUT2D eigenvalue weighted by Crippen LogP contribution is 2.41. The number of fused-ring (bicyclic) bond motifs is 3. The number of piperidine rings is 1. The number of methoxy groups -OCH3 is 1. The molecular formula is C30H36N5O4S-. The number of rotatable bonds is 8. The predicted molar refractivity (Wildman–Crippen MR) is 154 cm³/mol.